The first-order valence-electron chi connectivity index (χ1n) is 5.81. The maximum Gasteiger partial charge on any atom is 0.335 e. The Morgan fingerprint density at radius 2 is 1.62 bits per heavy atom. The van der Waals surface area contributed by atoms with Crippen LogP contribution < -0.4 is 10.6 Å². The van der Waals surface area contributed by atoms with Crippen LogP contribution in [-0.2, 0) is 0 Å². The molecule has 0 saturated carbocycles. The van der Waals surface area contributed by atoms with Gasteiger partial charge in [0.2, 0.25) is 0 Å². The Bertz CT molecular complexity index is 689. The summed E-state index contributed by atoms with van der Waals surface area (Å²) in [6, 6.07) is 8.57. The molecule has 2 rings (SSSR count). The Labute approximate surface area is 124 Å². The lowest BCUT2D eigenvalue weighted by Gasteiger charge is -2.08. The summed E-state index contributed by atoms with van der Waals surface area (Å²) in [5, 5.41) is 14.0. The molecule has 0 saturated heterocycles. The molecule has 0 atom stereocenters. The van der Waals surface area contributed by atoms with Crippen LogP contribution in [0.5, 0.6) is 0 Å². The van der Waals surface area contributed by atoms with Crippen molar-refractivity contribution in [1.82, 2.24) is 0 Å². The molecule has 0 aliphatic heterocycles. The highest BCUT2D eigenvalue weighted by Crippen LogP contribution is 2.19. The fourth-order valence-electron chi connectivity index (χ4n) is 1.61. The van der Waals surface area contributed by atoms with Gasteiger partial charge in [0, 0.05) is 16.4 Å². The highest BCUT2D eigenvalue weighted by Gasteiger charge is 2.09. The number of urea groups is 1. The second-order valence-electron chi connectivity index (χ2n) is 4.12. The van der Waals surface area contributed by atoms with E-state index in [4.69, 9.17) is 16.7 Å². The van der Waals surface area contributed by atoms with Crippen LogP contribution in [0, 0.1) is 5.82 Å². The van der Waals surface area contributed by atoms with E-state index < -0.39 is 17.8 Å². The van der Waals surface area contributed by atoms with Gasteiger partial charge >= 0.3 is 12.0 Å². The third-order valence-electron chi connectivity index (χ3n) is 2.50. The zero-order valence-corrected chi connectivity index (χ0v) is 11.3. The van der Waals surface area contributed by atoms with Crippen molar-refractivity contribution < 1.29 is 19.1 Å². The van der Waals surface area contributed by atoms with Gasteiger partial charge in [0.05, 0.1) is 5.56 Å². The first-order chi connectivity index (χ1) is 9.94. The molecule has 2 aromatic carbocycles. The average Bonchev–Trinajstić information content (AvgIpc) is 2.40. The summed E-state index contributed by atoms with van der Waals surface area (Å²) in [7, 11) is 0. The van der Waals surface area contributed by atoms with Gasteiger partial charge in [-0.2, -0.15) is 0 Å². The van der Waals surface area contributed by atoms with Crippen LogP contribution >= 0.6 is 11.6 Å². The van der Waals surface area contributed by atoms with Crippen LogP contribution in [0.3, 0.4) is 0 Å². The number of hydrogen-bond donors (Lipinski definition) is 3. The summed E-state index contributed by atoms with van der Waals surface area (Å²) in [6.07, 6.45) is 0. The van der Waals surface area contributed by atoms with E-state index in [0.717, 1.165) is 0 Å². The molecule has 3 N–H and O–H groups in total. The largest absolute Gasteiger partial charge is 0.478 e. The number of carbonyl (C=O) groups excluding carboxylic acids is 1. The highest BCUT2D eigenvalue weighted by molar-refractivity contribution is 6.31. The van der Waals surface area contributed by atoms with Crippen molar-refractivity contribution in [2.45, 2.75) is 0 Å². The van der Waals surface area contributed by atoms with Gasteiger partial charge in [0.1, 0.15) is 5.82 Å². The molecule has 0 aliphatic carbocycles. The molecule has 0 aliphatic rings. The van der Waals surface area contributed by atoms with E-state index in [1.54, 1.807) is 0 Å². The molecule has 108 valence electrons. The molecule has 0 radical (unpaired) electrons. The van der Waals surface area contributed by atoms with E-state index in [2.05, 4.69) is 10.6 Å². The molecular weight excluding hydrogens is 299 g/mol. The number of benzene rings is 2. The van der Waals surface area contributed by atoms with E-state index in [-0.39, 0.29) is 16.3 Å². The molecule has 5 nitrogen and oxygen atoms in total. The third-order valence-corrected chi connectivity index (χ3v) is 2.72. The van der Waals surface area contributed by atoms with Gasteiger partial charge in [-0.25, -0.2) is 14.0 Å². The van der Waals surface area contributed by atoms with E-state index in [1.165, 1.54) is 42.5 Å². The van der Waals surface area contributed by atoms with Crippen LogP contribution in [0.15, 0.2) is 42.5 Å². The lowest BCUT2D eigenvalue weighted by Crippen LogP contribution is -2.19. The first kappa shape index (κ1) is 14.8. The van der Waals surface area contributed by atoms with Crippen LogP contribution in [-0.4, -0.2) is 17.1 Å². The molecule has 0 heterocycles. The SMILES string of the molecule is O=C(Nc1ccc(F)cc1)Nc1cc(Cl)cc(C(=O)O)c1. The van der Waals surface area contributed by atoms with Crippen molar-refractivity contribution in [1.29, 1.82) is 0 Å². The van der Waals surface area contributed by atoms with Crippen molar-refractivity contribution in [2.75, 3.05) is 10.6 Å². The summed E-state index contributed by atoms with van der Waals surface area (Å²) in [6.45, 7) is 0. The van der Waals surface area contributed by atoms with Crippen molar-refractivity contribution in [3.63, 3.8) is 0 Å². The quantitative estimate of drug-likeness (QED) is 0.806. The number of rotatable bonds is 3. The van der Waals surface area contributed by atoms with E-state index in [1.807, 2.05) is 0 Å². The standard InChI is InChI=1S/C14H10ClFN2O3/c15-9-5-8(13(19)20)6-12(7-9)18-14(21)17-11-3-1-10(16)2-4-11/h1-7H,(H,19,20)(H2,17,18,21). The molecule has 0 aromatic heterocycles. The number of carboxylic acid groups (broad SMARTS) is 1. The van der Waals surface area contributed by atoms with Crippen molar-refractivity contribution >= 4 is 35.0 Å². The molecular formula is C14H10ClFN2O3. The topological polar surface area (TPSA) is 78.4 Å². The number of aromatic carboxylic acids is 1. The molecule has 2 aromatic rings. The molecule has 0 unspecified atom stereocenters. The van der Waals surface area contributed by atoms with Crippen LogP contribution in [0.1, 0.15) is 10.4 Å². The van der Waals surface area contributed by atoms with Crippen LogP contribution in [0.25, 0.3) is 0 Å². The predicted molar refractivity (Wildman–Crippen MR) is 77.5 cm³/mol. The van der Waals surface area contributed by atoms with E-state index >= 15 is 0 Å². The normalized spacial score (nSPS) is 10.0. The fraction of sp³-hybridized carbons (Fsp3) is 0. The van der Waals surface area contributed by atoms with Gasteiger partial charge < -0.3 is 15.7 Å². The minimum absolute atomic E-state index is 0.0421. The number of anilines is 2. The summed E-state index contributed by atoms with van der Waals surface area (Å²) >= 11 is 5.78. The molecule has 2 amide bonds. The van der Waals surface area contributed by atoms with Gasteiger partial charge in [-0.15, -0.1) is 0 Å². The van der Waals surface area contributed by atoms with Crippen molar-refractivity contribution in [3.8, 4) is 0 Å². The van der Waals surface area contributed by atoms with Crippen molar-refractivity contribution in [2.24, 2.45) is 0 Å². The van der Waals surface area contributed by atoms with Crippen molar-refractivity contribution in [3.05, 3.63) is 58.9 Å². The summed E-state index contributed by atoms with van der Waals surface area (Å²) < 4.78 is 12.7. The zero-order chi connectivity index (χ0) is 15.4. The fourth-order valence-corrected chi connectivity index (χ4v) is 1.85. The van der Waals surface area contributed by atoms with Gasteiger partial charge in [0.15, 0.2) is 0 Å². The van der Waals surface area contributed by atoms with E-state index in [0.29, 0.717) is 5.69 Å². The number of halogens is 2. The number of amides is 2. The second-order valence-corrected chi connectivity index (χ2v) is 4.56. The summed E-state index contributed by atoms with van der Waals surface area (Å²) in [5.41, 5.74) is 0.591. The number of nitrogens with one attached hydrogen (secondary N) is 2. The van der Waals surface area contributed by atoms with Gasteiger partial charge in [0.25, 0.3) is 0 Å². The summed E-state index contributed by atoms with van der Waals surface area (Å²) in [5.74, 6) is -1.57. The molecule has 0 spiro atoms. The molecule has 21 heavy (non-hydrogen) atoms. The number of carboxylic acids is 1. The Hall–Kier alpha value is -2.60. The Morgan fingerprint density at radius 1 is 1.00 bits per heavy atom. The number of carbonyl (C=O) groups is 2. The zero-order valence-electron chi connectivity index (χ0n) is 10.6. The molecule has 0 fully saturated rings. The maximum atomic E-state index is 12.7. The lowest BCUT2D eigenvalue weighted by atomic mass is 10.2. The Balaban J connectivity index is 2.09. The lowest BCUT2D eigenvalue weighted by molar-refractivity contribution is 0.0697. The van der Waals surface area contributed by atoms with Crippen LogP contribution in [0.2, 0.25) is 5.02 Å². The van der Waals surface area contributed by atoms with Gasteiger partial charge in [-0.05, 0) is 42.5 Å². The summed E-state index contributed by atoms with van der Waals surface area (Å²) in [4.78, 5) is 22.6. The first-order valence-corrected chi connectivity index (χ1v) is 6.19. The van der Waals surface area contributed by atoms with E-state index in [9.17, 15) is 14.0 Å². The third kappa shape index (κ3) is 4.19. The second kappa shape index (κ2) is 6.23. The minimum atomic E-state index is -1.15. The Kier molecular flexibility index (Phi) is 4.39. The molecule has 0 bridgehead atoms. The number of hydrogen-bond acceptors (Lipinski definition) is 2. The average molecular weight is 309 g/mol. The smallest absolute Gasteiger partial charge is 0.335 e. The monoisotopic (exact) mass is 308 g/mol. The minimum Gasteiger partial charge on any atom is -0.478 e. The highest BCUT2D eigenvalue weighted by atomic mass is 35.5. The van der Waals surface area contributed by atoms with Gasteiger partial charge in [-0.3, -0.25) is 0 Å². The maximum absolute atomic E-state index is 12.7. The van der Waals surface area contributed by atoms with Crippen LogP contribution in [0.4, 0.5) is 20.6 Å². The van der Waals surface area contributed by atoms with Gasteiger partial charge in [-0.1, -0.05) is 11.6 Å². The molecule has 7 heteroatoms. The Morgan fingerprint density at radius 3 is 2.24 bits per heavy atom. The predicted octanol–water partition coefficient (Wildman–Crippen LogP) is 3.82.